The molecule has 0 radical (unpaired) electrons. The van der Waals surface area contributed by atoms with E-state index in [0.717, 1.165) is 5.69 Å². The molecule has 0 saturated carbocycles. The summed E-state index contributed by atoms with van der Waals surface area (Å²) in [6.07, 6.45) is 10.5. The summed E-state index contributed by atoms with van der Waals surface area (Å²) in [7, 11) is 0. The van der Waals surface area contributed by atoms with Crippen LogP contribution in [-0.4, -0.2) is 18.9 Å². The van der Waals surface area contributed by atoms with E-state index in [2.05, 4.69) is 11.8 Å². The lowest BCUT2D eigenvalue weighted by Gasteiger charge is -2.19. The largest absolute Gasteiger partial charge is 0.349 e. The Balaban J connectivity index is 2.91. The van der Waals surface area contributed by atoms with Crippen LogP contribution in [0.4, 0.5) is 5.69 Å². The number of anilines is 1. The summed E-state index contributed by atoms with van der Waals surface area (Å²) >= 11 is 0. The van der Waals surface area contributed by atoms with Crippen molar-refractivity contribution in [3.63, 3.8) is 0 Å². The molecule has 0 atom stereocenters. The van der Waals surface area contributed by atoms with Crippen LogP contribution in [-0.2, 0) is 0 Å². The fourth-order valence-corrected chi connectivity index (χ4v) is 1.37. The zero-order valence-corrected chi connectivity index (χ0v) is 9.23. The SMILES string of the molecule is C#CCN(CC#C)c1ccc(C(C)=O)cc1. The first-order valence-corrected chi connectivity index (χ1v) is 4.92. The van der Waals surface area contributed by atoms with Crippen LogP contribution in [0.1, 0.15) is 17.3 Å². The van der Waals surface area contributed by atoms with Crippen molar-refractivity contribution in [1.29, 1.82) is 0 Å². The highest BCUT2D eigenvalue weighted by atomic mass is 16.1. The van der Waals surface area contributed by atoms with Crippen molar-refractivity contribution in [3.05, 3.63) is 29.8 Å². The molecule has 1 aromatic carbocycles. The maximum absolute atomic E-state index is 11.1. The maximum Gasteiger partial charge on any atom is 0.159 e. The molecule has 1 aromatic rings. The zero-order chi connectivity index (χ0) is 12.0. The number of hydrogen-bond donors (Lipinski definition) is 0. The molecule has 0 N–H and O–H groups in total. The molecule has 0 fully saturated rings. The summed E-state index contributed by atoms with van der Waals surface area (Å²) in [5, 5.41) is 0. The molecule has 0 aliphatic rings. The van der Waals surface area contributed by atoms with Gasteiger partial charge in [0, 0.05) is 11.3 Å². The van der Waals surface area contributed by atoms with E-state index >= 15 is 0 Å². The van der Waals surface area contributed by atoms with Gasteiger partial charge >= 0.3 is 0 Å². The van der Waals surface area contributed by atoms with Crippen LogP contribution < -0.4 is 4.90 Å². The number of ketones is 1. The fraction of sp³-hybridized carbons (Fsp3) is 0.214. The van der Waals surface area contributed by atoms with Crippen molar-refractivity contribution in [2.75, 3.05) is 18.0 Å². The number of rotatable bonds is 4. The van der Waals surface area contributed by atoms with Gasteiger partial charge in [-0.3, -0.25) is 4.79 Å². The van der Waals surface area contributed by atoms with Gasteiger partial charge in [-0.2, -0.15) is 0 Å². The predicted octanol–water partition coefficient (Wildman–Crippen LogP) is 1.96. The fourth-order valence-electron chi connectivity index (χ4n) is 1.37. The lowest BCUT2D eigenvalue weighted by molar-refractivity contribution is 0.101. The van der Waals surface area contributed by atoms with Crippen LogP contribution in [0.25, 0.3) is 0 Å². The number of nitrogens with zero attached hydrogens (tertiary/aromatic N) is 1. The average molecular weight is 211 g/mol. The smallest absolute Gasteiger partial charge is 0.159 e. The Morgan fingerprint density at radius 1 is 1.19 bits per heavy atom. The van der Waals surface area contributed by atoms with Gasteiger partial charge in [-0.05, 0) is 31.2 Å². The molecule has 80 valence electrons. The summed E-state index contributed by atoms with van der Waals surface area (Å²) in [4.78, 5) is 13.0. The Bertz CT molecular complexity index is 429. The van der Waals surface area contributed by atoms with Crippen molar-refractivity contribution >= 4 is 11.5 Å². The molecular weight excluding hydrogens is 198 g/mol. The third kappa shape index (κ3) is 2.90. The molecular formula is C14H13NO. The lowest BCUT2D eigenvalue weighted by Crippen LogP contribution is -2.23. The molecule has 0 bridgehead atoms. The maximum atomic E-state index is 11.1. The summed E-state index contributed by atoms with van der Waals surface area (Å²) in [5.41, 5.74) is 1.62. The molecule has 0 unspecified atom stereocenters. The first kappa shape index (κ1) is 11.9. The van der Waals surface area contributed by atoms with Gasteiger partial charge < -0.3 is 4.90 Å². The summed E-state index contributed by atoms with van der Waals surface area (Å²) in [6.45, 7) is 2.46. The minimum absolute atomic E-state index is 0.0481. The van der Waals surface area contributed by atoms with Gasteiger partial charge in [-0.1, -0.05) is 11.8 Å². The van der Waals surface area contributed by atoms with Crippen LogP contribution in [0, 0.1) is 24.7 Å². The van der Waals surface area contributed by atoms with Gasteiger partial charge in [0.2, 0.25) is 0 Å². The summed E-state index contributed by atoms with van der Waals surface area (Å²) < 4.78 is 0. The summed E-state index contributed by atoms with van der Waals surface area (Å²) in [6, 6.07) is 7.26. The van der Waals surface area contributed by atoms with E-state index in [9.17, 15) is 4.79 Å². The molecule has 2 heteroatoms. The molecule has 0 spiro atoms. The van der Waals surface area contributed by atoms with E-state index in [1.165, 1.54) is 6.92 Å². The van der Waals surface area contributed by atoms with Crippen molar-refractivity contribution in [2.24, 2.45) is 0 Å². The molecule has 0 heterocycles. The first-order chi connectivity index (χ1) is 7.69. The standard InChI is InChI=1S/C14H13NO/c1-4-10-15(11-5-2)14-8-6-13(7-9-14)12(3)16/h1-2,6-9H,10-11H2,3H3. The molecule has 0 amide bonds. The molecule has 0 aliphatic heterocycles. The van der Waals surface area contributed by atoms with Crippen molar-refractivity contribution in [1.82, 2.24) is 0 Å². The number of Topliss-reactive ketones (excluding diaryl/α,β-unsaturated/α-hetero) is 1. The van der Waals surface area contributed by atoms with Crippen LogP contribution in [0.15, 0.2) is 24.3 Å². The van der Waals surface area contributed by atoms with Gasteiger partial charge in [0.25, 0.3) is 0 Å². The van der Waals surface area contributed by atoms with E-state index in [-0.39, 0.29) is 5.78 Å². The second kappa shape index (κ2) is 5.63. The second-order valence-corrected chi connectivity index (χ2v) is 3.37. The molecule has 0 aliphatic carbocycles. The van der Waals surface area contributed by atoms with Crippen LogP contribution in [0.2, 0.25) is 0 Å². The van der Waals surface area contributed by atoms with Gasteiger partial charge in [0.05, 0.1) is 13.1 Å². The first-order valence-electron chi connectivity index (χ1n) is 4.92. The van der Waals surface area contributed by atoms with E-state index in [1.807, 2.05) is 17.0 Å². The van der Waals surface area contributed by atoms with Crippen molar-refractivity contribution in [2.45, 2.75) is 6.92 Å². The Hall–Kier alpha value is -2.19. The third-order valence-electron chi connectivity index (χ3n) is 2.20. The van der Waals surface area contributed by atoms with Crippen LogP contribution in [0.5, 0.6) is 0 Å². The Labute approximate surface area is 96.3 Å². The minimum atomic E-state index is 0.0481. The molecule has 1 rings (SSSR count). The van der Waals surface area contributed by atoms with Gasteiger partial charge in [-0.15, -0.1) is 12.8 Å². The minimum Gasteiger partial charge on any atom is -0.349 e. The Morgan fingerprint density at radius 3 is 2.06 bits per heavy atom. The zero-order valence-electron chi connectivity index (χ0n) is 9.23. The number of hydrogen-bond acceptors (Lipinski definition) is 2. The van der Waals surface area contributed by atoms with E-state index in [4.69, 9.17) is 12.8 Å². The number of carbonyl (C=O) groups is 1. The third-order valence-corrected chi connectivity index (χ3v) is 2.20. The van der Waals surface area contributed by atoms with Crippen LogP contribution >= 0.6 is 0 Å². The van der Waals surface area contributed by atoms with E-state index in [0.29, 0.717) is 18.7 Å². The Kier molecular flexibility index (Phi) is 4.18. The average Bonchev–Trinajstić information content (AvgIpc) is 2.29. The number of terminal acetylenes is 2. The number of carbonyl (C=O) groups excluding carboxylic acids is 1. The van der Waals surface area contributed by atoms with Gasteiger partial charge in [-0.25, -0.2) is 0 Å². The van der Waals surface area contributed by atoms with Crippen LogP contribution in [0.3, 0.4) is 0 Å². The monoisotopic (exact) mass is 211 g/mol. The van der Waals surface area contributed by atoms with E-state index in [1.54, 1.807) is 12.1 Å². The van der Waals surface area contributed by atoms with Gasteiger partial charge in [0.1, 0.15) is 0 Å². The molecule has 0 aromatic heterocycles. The molecule has 0 saturated heterocycles. The predicted molar refractivity (Wildman–Crippen MR) is 66.3 cm³/mol. The Morgan fingerprint density at radius 2 is 1.69 bits per heavy atom. The lowest BCUT2D eigenvalue weighted by atomic mass is 10.1. The highest BCUT2D eigenvalue weighted by Crippen LogP contribution is 2.14. The van der Waals surface area contributed by atoms with E-state index < -0.39 is 0 Å². The highest BCUT2D eigenvalue weighted by Gasteiger charge is 2.04. The second-order valence-electron chi connectivity index (χ2n) is 3.37. The quantitative estimate of drug-likeness (QED) is 0.560. The van der Waals surface area contributed by atoms with Crippen molar-refractivity contribution < 1.29 is 4.79 Å². The van der Waals surface area contributed by atoms with Gasteiger partial charge in [0.15, 0.2) is 5.78 Å². The topological polar surface area (TPSA) is 20.3 Å². The summed E-state index contributed by atoms with van der Waals surface area (Å²) in [5.74, 6) is 5.15. The molecule has 16 heavy (non-hydrogen) atoms. The molecule has 2 nitrogen and oxygen atoms in total. The van der Waals surface area contributed by atoms with Crippen molar-refractivity contribution in [3.8, 4) is 24.7 Å². The highest BCUT2D eigenvalue weighted by molar-refractivity contribution is 5.94. The normalized spacial score (nSPS) is 8.94. The number of benzene rings is 1.